The van der Waals surface area contributed by atoms with Crippen LogP contribution in [-0.4, -0.2) is 116 Å². The number of hydrogen-bond acceptors (Lipinski definition) is 9. The van der Waals surface area contributed by atoms with Crippen molar-refractivity contribution in [1.82, 2.24) is 15.1 Å². The molecule has 5 rings (SSSR count). The van der Waals surface area contributed by atoms with E-state index in [-0.39, 0.29) is 48.8 Å². The molecule has 1 aromatic carbocycles. The van der Waals surface area contributed by atoms with E-state index in [0.29, 0.717) is 61.6 Å². The summed E-state index contributed by atoms with van der Waals surface area (Å²) in [6, 6.07) is 5.94. The molecular formula is C40H63N5O7. The number of carbonyl (C=O) groups excluding carboxylic acids is 4. The van der Waals surface area contributed by atoms with Gasteiger partial charge in [0, 0.05) is 68.9 Å². The first kappa shape index (κ1) is 40.0. The second-order valence-corrected chi connectivity index (χ2v) is 17.5. The first-order valence-corrected chi connectivity index (χ1v) is 19.4. The molecule has 0 radical (unpaired) electrons. The molecule has 3 heterocycles. The number of likely N-dealkylation sites (tertiary alicyclic amines) is 1. The van der Waals surface area contributed by atoms with Crippen LogP contribution in [0.15, 0.2) is 18.2 Å². The molecule has 5 atom stereocenters. The lowest BCUT2D eigenvalue weighted by atomic mass is 9.83. The molecule has 1 N–H and O–H groups in total. The van der Waals surface area contributed by atoms with Crippen LogP contribution in [0.4, 0.5) is 16.2 Å². The van der Waals surface area contributed by atoms with E-state index in [9.17, 15) is 19.2 Å². The van der Waals surface area contributed by atoms with Gasteiger partial charge < -0.3 is 39.1 Å². The Balaban J connectivity index is 1.38. The minimum Gasteiger partial charge on any atom is -0.476 e. The van der Waals surface area contributed by atoms with Gasteiger partial charge in [0.1, 0.15) is 17.1 Å². The summed E-state index contributed by atoms with van der Waals surface area (Å²) in [5.41, 5.74) is -0.493. The van der Waals surface area contributed by atoms with Crippen molar-refractivity contribution >= 4 is 35.1 Å². The van der Waals surface area contributed by atoms with Crippen molar-refractivity contribution in [1.29, 1.82) is 0 Å². The van der Waals surface area contributed by atoms with Crippen LogP contribution in [0.2, 0.25) is 0 Å². The maximum Gasteiger partial charge on any atom is 0.410 e. The van der Waals surface area contributed by atoms with Crippen molar-refractivity contribution in [3.8, 4) is 5.75 Å². The van der Waals surface area contributed by atoms with Gasteiger partial charge in [-0.15, -0.1) is 0 Å². The molecular weight excluding hydrogens is 662 g/mol. The Morgan fingerprint density at radius 1 is 1.10 bits per heavy atom. The van der Waals surface area contributed by atoms with Gasteiger partial charge in [0.05, 0.1) is 18.2 Å². The first-order chi connectivity index (χ1) is 24.4. The predicted octanol–water partition coefficient (Wildman–Crippen LogP) is 5.12. The van der Waals surface area contributed by atoms with E-state index in [2.05, 4.69) is 38.2 Å². The summed E-state index contributed by atoms with van der Waals surface area (Å²) in [6.07, 6.45) is 3.01. The van der Waals surface area contributed by atoms with Gasteiger partial charge in [0.25, 0.3) is 5.91 Å². The zero-order valence-electron chi connectivity index (χ0n) is 33.2. The number of rotatable bonds is 15. The van der Waals surface area contributed by atoms with Gasteiger partial charge in [0.2, 0.25) is 5.91 Å². The Hall–Kier alpha value is -3.22. The SMILES string of the molecule is CCOCCN1C(=O)C(C)(C)Oc2ccc(N(C(=O)[C@@H]3C[C@H](C(=O)CC4NC4C(CC(C)C)CN(C)C)CN(C(=O)OC(C)(C)C)C3)C3CC3)cc21. The highest BCUT2D eigenvalue weighted by Crippen LogP contribution is 2.43. The van der Waals surface area contributed by atoms with Crippen molar-refractivity contribution < 1.29 is 33.4 Å². The molecule has 2 saturated heterocycles. The smallest absolute Gasteiger partial charge is 0.410 e. The minimum absolute atomic E-state index is 0.00357. The van der Waals surface area contributed by atoms with Crippen molar-refractivity contribution in [3.63, 3.8) is 0 Å². The lowest BCUT2D eigenvalue weighted by molar-refractivity contribution is -0.133. The number of nitrogens with zero attached hydrogens (tertiary/aromatic N) is 4. The average molecular weight is 726 g/mol. The maximum atomic E-state index is 14.7. The van der Waals surface area contributed by atoms with E-state index in [1.807, 2.05) is 50.8 Å². The highest BCUT2D eigenvalue weighted by Gasteiger charge is 2.48. The number of ketones is 1. The summed E-state index contributed by atoms with van der Waals surface area (Å²) in [5, 5.41) is 3.59. The van der Waals surface area contributed by atoms with E-state index in [4.69, 9.17) is 14.2 Å². The molecule has 3 fully saturated rings. The van der Waals surface area contributed by atoms with E-state index < -0.39 is 29.1 Å². The molecule has 1 aromatic rings. The van der Waals surface area contributed by atoms with Crippen molar-refractivity contribution in [2.75, 3.05) is 63.3 Å². The molecule has 0 aromatic heterocycles. The Labute approximate surface area is 310 Å². The molecule has 12 nitrogen and oxygen atoms in total. The zero-order valence-corrected chi connectivity index (χ0v) is 33.2. The monoisotopic (exact) mass is 725 g/mol. The molecule has 1 saturated carbocycles. The Morgan fingerprint density at radius 2 is 1.79 bits per heavy atom. The second-order valence-electron chi connectivity index (χ2n) is 17.5. The van der Waals surface area contributed by atoms with Gasteiger partial charge in [-0.25, -0.2) is 4.79 Å². The van der Waals surface area contributed by atoms with Crippen LogP contribution < -0.4 is 19.9 Å². The van der Waals surface area contributed by atoms with Crippen LogP contribution in [0.25, 0.3) is 0 Å². The Bertz CT molecular complexity index is 1460. The Morgan fingerprint density at radius 3 is 2.40 bits per heavy atom. The fraction of sp³-hybridized carbons (Fsp3) is 0.750. The number of Topliss-reactive ketones (excluding diaryl/α,β-unsaturated/α-hetero) is 1. The lowest BCUT2D eigenvalue weighted by Gasteiger charge is -2.40. The molecule has 3 amide bonds. The first-order valence-electron chi connectivity index (χ1n) is 19.4. The van der Waals surface area contributed by atoms with Gasteiger partial charge in [-0.1, -0.05) is 13.8 Å². The number of hydrogen-bond donors (Lipinski definition) is 1. The summed E-state index contributed by atoms with van der Waals surface area (Å²) in [7, 11) is 4.17. The Kier molecular flexibility index (Phi) is 12.3. The van der Waals surface area contributed by atoms with E-state index >= 15 is 0 Å². The normalized spacial score (nSPS) is 24.7. The third-order valence-corrected chi connectivity index (χ3v) is 10.4. The molecule has 52 heavy (non-hydrogen) atoms. The van der Waals surface area contributed by atoms with Gasteiger partial charge in [0.15, 0.2) is 5.60 Å². The van der Waals surface area contributed by atoms with Gasteiger partial charge >= 0.3 is 6.09 Å². The fourth-order valence-electron chi connectivity index (χ4n) is 7.90. The van der Waals surface area contributed by atoms with Crippen LogP contribution in [0.5, 0.6) is 5.75 Å². The maximum absolute atomic E-state index is 14.7. The number of benzene rings is 1. The fourth-order valence-corrected chi connectivity index (χ4v) is 7.90. The average Bonchev–Trinajstić information content (AvgIpc) is 3.98. The quantitative estimate of drug-likeness (QED) is 0.194. The largest absolute Gasteiger partial charge is 0.476 e. The number of nitrogens with one attached hydrogen (secondary N) is 1. The summed E-state index contributed by atoms with van der Waals surface area (Å²) < 4.78 is 17.5. The molecule has 4 aliphatic rings. The summed E-state index contributed by atoms with van der Waals surface area (Å²) in [6.45, 7) is 18.0. The molecule has 0 bridgehead atoms. The second kappa shape index (κ2) is 16.0. The zero-order chi connectivity index (χ0) is 38.1. The van der Waals surface area contributed by atoms with Gasteiger partial charge in [-0.05, 0) is 111 Å². The van der Waals surface area contributed by atoms with Crippen LogP contribution in [0.3, 0.4) is 0 Å². The van der Waals surface area contributed by atoms with Crippen LogP contribution in [0.1, 0.15) is 87.5 Å². The highest BCUT2D eigenvalue weighted by molar-refractivity contribution is 6.04. The minimum atomic E-state index is -1.04. The number of ether oxygens (including phenoxy) is 3. The van der Waals surface area contributed by atoms with E-state index in [0.717, 1.165) is 25.8 Å². The van der Waals surface area contributed by atoms with E-state index in [1.54, 1.807) is 23.6 Å². The van der Waals surface area contributed by atoms with E-state index in [1.165, 1.54) is 0 Å². The highest BCUT2D eigenvalue weighted by atomic mass is 16.6. The summed E-state index contributed by atoms with van der Waals surface area (Å²) >= 11 is 0. The van der Waals surface area contributed by atoms with Gasteiger partial charge in [-0.3, -0.25) is 14.4 Å². The lowest BCUT2D eigenvalue weighted by Crippen LogP contribution is -2.53. The molecule has 1 aliphatic carbocycles. The molecule has 290 valence electrons. The van der Waals surface area contributed by atoms with Crippen molar-refractivity contribution in [2.24, 2.45) is 23.7 Å². The summed E-state index contributed by atoms with van der Waals surface area (Å²) in [4.78, 5) is 63.0. The van der Waals surface area contributed by atoms with Crippen LogP contribution in [0, 0.1) is 23.7 Å². The third kappa shape index (κ3) is 9.85. The molecule has 3 unspecified atom stereocenters. The summed E-state index contributed by atoms with van der Waals surface area (Å²) in [5.74, 6) is 0.271. The van der Waals surface area contributed by atoms with Crippen LogP contribution >= 0.6 is 0 Å². The number of piperidine rings is 1. The van der Waals surface area contributed by atoms with Crippen molar-refractivity contribution in [2.45, 2.75) is 117 Å². The number of anilines is 2. The third-order valence-electron chi connectivity index (χ3n) is 10.4. The molecule has 12 heteroatoms. The van der Waals surface area contributed by atoms with Crippen molar-refractivity contribution in [3.05, 3.63) is 18.2 Å². The number of amides is 3. The molecule has 3 aliphatic heterocycles. The number of fused-ring (bicyclic) bond motifs is 1. The van der Waals surface area contributed by atoms with Gasteiger partial charge in [-0.2, -0.15) is 0 Å². The standard InChI is InChI=1S/C40H63N5O7/c1-11-50-17-16-44-32-20-30(14-15-34(32)51-40(7,8)37(44)48)45(29-12-13-29)36(47)28-19-26(23-43(24-28)38(49)52-39(4,5)6)33(46)21-31-35(41-31)27(18-25(2)3)22-42(9)10/h14-15,20,25-29,31,35,41H,11-13,16-19,21-24H2,1-10H3/t26-,27?,28+,31?,35?/m0/s1. The van der Waals surface area contributed by atoms with Crippen LogP contribution in [-0.2, 0) is 23.9 Å². The number of carbonyl (C=O) groups is 4. The predicted molar refractivity (Wildman–Crippen MR) is 202 cm³/mol. The topological polar surface area (TPSA) is 131 Å². The molecule has 0 spiro atoms.